The second kappa shape index (κ2) is 6.50. The minimum atomic E-state index is -0.201. The fraction of sp³-hybridized carbons (Fsp3) is 0.643. The van der Waals surface area contributed by atoms with Crippen molar-refractivity contribution in [3.8, 4) is 0 Å². The van der Waals surface area contributed by atoms with Crippen LogP contribution in [0.25, 0.3) is 0 Å². The Labute approximate surface area is 114 Å². The molecule has 0 aliphatic carbocycles. The van der Waals surface area contributed by atoms with Crippen molar-refractivity contribution in [1.82, 2.24) is 9.97 Å². The van der Waals surface area contributed by atoms with Gasteiger partial charge in [0.05, 0.1) is 6.61 Å². The summed E-state index contributed by atoms with van der Waals surface area (Å²) in [5.74, 6) is 0.698. The van der Waals surface area contributed by atoms with Gasteiger partial charge in [0.15, 0.2) is 0 Å². The summed E-state index contributed by atoms with van der Waals surface area (Å²) in [5, 5.41) is 0. The number of anilines is 1. The van der Waals surface area contributed by atoms with Crippen LogP contribution in [0.15, 0.2) is 12.4 Å². The summed E-state index contributed by atoms with van der Waals surface area (Å²) in [5.41, 5.74) is 0.998. The van der Waals surface area contributed by atoms with E-state index in [9.17, 15) is 4.79 Å². The molecule has 0 N–H and O–H groups in total. The summed E-state index contributed by atoms with van der Waals surface area (Å²) >= 11 is 0. The molecule has 104 valence electrons. The van der Waals surface area contributed by atoms with E-state index in [-0.39, 0.29) is 12.0 Å². The van der Waals surface area contributed by atoms with E-state index in [1.54, 1.807) is 6.33 Å². The third-order valence-corrected chi connectivity index (χ3v) is 3.43. The van der Waals surface area contributed by atoms with Gasteiger partial charge in [0.2, 0.25) is 0 Å². The molecule has 0 radical (unpaired) electrons. The lowest BCUT2D eigenvalue weighted by Gasteiger charge is -2.34. The third-order valence-electron chi connectivity index (χ3n) is 3.43. The topological polar surface area (TPSA) is 55.3 Å². The lowest BCUT2D eigenvalue weighted by Crippen LogP contribution is -2.46. The van der Waals surface area contributed by atoms with Gasteiger partial charge in [-0.15, -0.1) is 0 Å². The molecule has 0 aromatic carbocycles. The Kier molecular flexibility index (Phi) is 4.71. The molecule has 5 heteroatoms. The van der Waals surface area contributed by atoms with E-state index in [0.29, 0.717) is 6.61 Å². The molecule has 1 aliphatic heterocycles. The quantitative estimate of drug-likeness (QED) is 0.777. The van der Waals surface area contributed by atoms with Gasteiger partial charge in [0.25, 0.3) is 0 Å². The number of esters is 1. The van der Waals surface area contributed by atoms with E-state index < -0.39 is 0 Å². The average molecular weight is 263 g/mol. The average Bonchev–Trinajstić information content (AvgIpc) is 2.47. The lowest BCUT2D eigenvalue weighted by molar-refractivity contribution is -0.145. The van der Waals surface area contributed by atoms with Crippen LogP contribution in [0.3, 0.4) is 0 Å². The zero-order chi connectivity index (χ0) is 13.7. The van der Waals surface area contributed by atoms with Crippen molar-refractivity contribution in [2.24, 2.45) is 0 Å². The zero-order valence-electron chi connectivity index (χ0n) is 11.6. The van der Waals surface area contributed by atoms with Crippen LogP contribution < -0.4 is 4.90 Å². The van der Waals surface area contributed by atoms with Crippen LogP contribution in [0.2, 0.25) is 0 Å². The van der Waals surface area contributed by atoms with Gasteiger partial charge in [-0.05, 0) is 32.6 Å². The second-order valence-corrected chi connectivity index (χ2v) is 4.68. The van der Waals surface area contributed by atoms with Gasteiger partial charge in [-0.25, -0.2) is 14.8 Å². The second-order valence-electron chi connectivity index (χ2n) is 4.68. The number of rotatable bonds is 4. The monoisotopic (exact) mass is 263 g/mol. The molecule has 2 heterocycles. The first-order valence-corrected chi connectivity index (χ1v) is 7.00. The number of aryl methyl sites for hydroxylation is 1. The maximum atomic E-state index is 12.0. The van der Waals surface area contributed by atoms with E-state index in [2.05, 4.69) is 21.8 Å². The molecular formula is C14H21N3O2. The molecule has 0 spiro atoms. The molecule has 19 heavy (non-hydrogen) atoms. The Morgan fingerprint density at radius 3 is 3.00 bits per heavy atom. The Morgan fingerprint density at radius 2 is 2.26 bits per heavy atom. The molecule has 1 aromatic heterocycles. The zero-order valence-corrected chi connectivity index (χ0v) is 11.6. The van der Waals surface area contributed by atoms with E-state index >= 15 is 0 Å². The largest absolute Gasteiger partial charge is 0.464 e. The highest BCUT2D eigenvalue weighted by Gasteiger charge is 2.30. The first-order valence-electron chi connectivity index (χ1n) is 7.00. The number of nitrogens with zero attached hydrogens (tertiary/aromatic N) is 3. The number of aromatic nitrogens is 2. The number of hydrogen-bond donors (Lipinski definition) is 0. The Balaban J connectivity index is 2.20. The molecule has 0 bridgehead atoms. The predicted molar refractivity (Wildman–Crippen MR) is 73.0 cm³/mol. The maximum Gasteiger partial charge on any atom is 0.328 e. The molecule has 0 saturated carbocycles. The third kappa shape index (κ3) is 3.22. The van der Waals surface area contributed by atoms with Gasteiger partial charge in [-0.3, -0.25) is 0 Å². The first-order chi connectivity index (χ1) is 9.26. The van der Waals surface area contributed by atoms with Gasteiger partial charge < -0.3 is 9.64 Å². The lowest BCUT2D eigenvalue weighted by atomic mass is 10.0. The summed E-state index contributed by atoms with van der Waals surface area (Å²) in [6.07, 6.45) is 5.43. The van der Waals surface area contributed by atoms with E-state index in [1.807, 2.05) is 13.0 Å². The summed E-state index contributed by atoms with van der Waals surface area (Å²) < 4.78 is 5.17. The highest BCUT2D eigenvalue weighted by atomic mass is 16.5. The molecule has 2 rings (SSSR count). The SMILES string of the molecule is CCOC(=O)C1CCCCN1c1cc(CC)ncn1. The Hall–Kier alpha value is -1.65. The number of carbonyl (C=O) groups excluding carboxylic acids is 1. The van der Waals surface area contributed by atoms with Gasteiger partial charge in [-0.1, -0.05) is 6.92 Å². The van der Waals surface area contributed by atoms with Crippen molar-refractivity contribution in [3.05, 3.63) is 18.1 Å². The number of carbonyl (C=O) groups is 1. The van der Waals surface area contributed by atoms with E-state index in [4.69, 9.17) is 4.74 Å². The highest BCUT2D eigenvalue weighted by molar-refractivity contribution is 5.79. The maximum absolute atomic E-state index is 12.0. The van der Waals surface area contributed by atoms with Crippen molar-refractivity contribution in [1.29, 1.82) is 0 Å². The first kappa shape index (κ1) is 13.8. The van der Waals surface area contributed by atoms with Crippen LogP contribution in [-0.4, -0.2) is 35.1 Å². The van der Waals surface area contributed by atoms with Crippen molar-refractivity contribution in [2.75, 3.05) is 18.1 Å². The Morgan fingerprint density at radius 1 is 1.42 bits per heavy atom. The number of ether oxygens (including phenoxy) is 1. The smallest absolute Gasteiger partial charge is 0.328 e. The molecule has 0 amide bonds. The standard InChI is InChI=1S/C14H21N3O2/c1-3-11-9-13(16-10-15-11)17-8-6-5-7-12(17)14(18)19-4-2/h9-10,12H,3-8H2,1-2H3. The highest BCUT2D eigenvalue weighted by Crippen LogP contribution is 2.24. The minimum absolute atomic E-state index is 0.140. The fourth-order valence-electron chi connectivity index (χ4n) is 2.43. The summed E-state index contributed by atoms with van der Waals surface area (Å²) in [4.78, 5) is 22.6. The van der Waals surface area contributed by atoms with Crippen LogP contribution >= 0.6 is 0 Å². The van der Waals surface area contributed by atoms with Crippen LogP contribution in [-0.2, 0) is 16.0 Å². The molecule has 1 atom stereocenters. The van der Waals surface area contributed by atoms with Gasteiger partial charge in [0, 0.05) is 18.3 Å². The normalized spacial score (nSPS) is 19.3. The molecule has 1 aromatic rings. The number of piperidine rings is 1. The van der Waals surface area contributed by atoms with Crippen molar-refractivity contribution in [3.63, 3.8) is 0 Å². The number of hydrogen-bond acceptors (Lipinski definition) is 5. The molecule has 1 unspecified atom stereocenters. The predicted octanol–water partition coefficient (Wildman–Crippen LogP) is 1.96. The molecular weight excluding hydrogens is 242 g/mol. The van der Waals surface area contributed by atoms with Crippen molar-refractivity contribution >= 4 is 11.8 Å². The summed E-state index contributed by atoms with van der Waals surface area (Å²) in [6, 6.07) is 1.77. The summed E-state index contributed by atoms with van der Waals surface area (Å²) in [6.45, 7) is 5.17. The van der Waals surface area contributed by atoms with Crippen molar-refractivity contribution in [2.45, 2.75) is 45.6 Å². The van der Waals surface area contributed by atoms with E-state index in [1.165, 1.54) is 0 Å². The van der Waals surface area contributed by atoms with Crippen LogP contribution in [0, 0.1) is 0 Å². The molecule has 1 saturated heterocycles. The van der Waals surface area contributed by atoms with E-state index in [0.717, 1.165) is 43.7 Å². The van der Waals surface area contributed by atoms with Crippen LogP contribution in [0.1, 0.15) is 38.8 Å². The minimum Gasteiger partial charge on any atom is -0.464 e. The molecule has 1 aliphatic rings. The molecule has 5 nitrogen and oxygen atoms in total. The molecule has 1 fully saturated rings. The van der Waals surface area contributed by atoms with Crippen molar-refractivity contribution < 1.29 is 9.53 Å². The fourth-order valence-corrected chi connectivity index (χ4v) is 2.43. The summed E-state index contributed by atoms with van der Waals surface area (Å²) in [7, 11) is 0. The van der Waals surface area contributed by atoms with Crippen LogP contribution in [0.5, 0.6) is 0 Å². The van der Waals surface area contributed by atoms with Crippen LogP contribution in [0.4, 0.5) is 5.82 Å². The van der Waals surface area contributed by atoms with Gasteiger partial charge >= 0.3 is 5.97 Å². The van der Waals surface area contributed by atoms with Gasteiger partial charge in [0.1, 0.15) is 18.2 Å². The van der Waals surface area contributed by atoms with Gasteiger partial charge in [-0.2, -0.15) is 0 Å². The Bertz CT molecular complexity index is 436.